The number of aliphatic hydroxyl groups excluding tert-OH is 2. The van der Waals surface area contributed by atoms with Gasteiger partial charge in [-0.25, -0.2) is 0 Å². The summed E-state index contributed by atoms with van der Waals surface area (Å²) in [5.41, 5.74) is 0. The van der Waals surface area contributed by atoms with Crippen LogP contribution in [0.2, 0.25) is 0 Å². The summed E-state index contributed by atoms with van der Waals surface area (Å²) >= 11 is 0. The summed E-state index contributed by atoms with van der Waals surface area (Å²) in [6.07, 6.45) is 84.4. The van der Waals surface area contributed by atoms with Crippen LogP contribution in [0.5, 0.6) is 0 Å². The van der Waals surface area contributed by atoms with E-state index in [4.69, 9.17) is 4.74 Å². The first-order valence-electron chi connectivity index (χ1n) is 36.8. The molecule has 6 heteroatoms. The Morgan fingerprint density at radius 2 is 0.519 bits per heavy atom. The molecule has 0 aromatic heterocycles. The summed E-state index contributed by atoms with van der Waals surface area (Å²) < 4.78 is 5.52. The molecule has 472 valence electrons. The lowest BCUT2D eigenvalue weighted by atomic mass is 10.0. The Labute approximate surface area is 496 Å². The predicted octanol–water partition coefficient (Wildman–Crippen LogP) is 23.8. The summed E-state index contributed by atoms with van der Waals surface area (Å²) in [6, 6.07) is -0.541. The SMILES string of the molecule is CCCCCCCCCCCCCCCCCCCCCCC(O)C(CO)NC(=O)CCCCCCCCCCCCCCCCCCCCCCCCCOC(=O)CCCCCCCCCCCCCCCCCCCCC. The molecule has 2 unspecified atom stereocenters. The molecule has 0 radical (unpaired) electrons. The molecule has 0 aliphatic heterocycles. The number of ether oxygens (including phenoxy) is 1. The van der Waals surface area contributed by atoms with Crippen LogP contribution in [0.15, 0.2) is 0 Å². The summed E-state index contributed by atoms with van der Waals surface area (Å²) in [6.45, 7) is 5.01. The molecule has 79 heavy (non-hydrogen) atoms. The van der Waals surface area contributed by atoms with E-state index in [9.17, 15) is 19.8 Å². The highest BCUT2D eigenvalue weighted by Gasteiger charge is 2.20. The van der Waals surface area contributed by atoms with Gasteiger partial charge in [-0.05, 0) is 25.7 Å². The Morgan fingerprint density at radius 3 is 0.772 bits per heavy atom. The van der Waals surface area contributed by atoms with Crippen LogP contribution in [0, 0.1) is 0 Å². The van der Waals surface area contributed by atoms with E-state index in [2.05, 4.69) is 19.2 Å². The van der Waals surface area contributed by atoms with Crippen molar-refractivity contribution in [1.82, 2.24) is 5.32 Å². The molecule has 0 saturated carbocycles. The zero-order valence-corrected chi connectivity index (χ0v) is 54.2. The molecule has 0 saturated heterocycles. The molecule has 0 bridgehead atoms. The number of carbonyl (C=O) groups excluding carboxylic acids is 2. The number of amides is 1. The Kier molecular flexibility index (Phi) is 68.4. The Morgan fingerprint density at radius 1 is 0.304 bits per heavy atom. The summed E-state index contributed by atoms with van der Waals surface area (Å²) in [5.74, 6) is -0.00800. The van der Waals surface area contributed by atoms with Crippen molar-refractivity contribution >= 4 is 11.9 Å². The molecule has 0 aliphatic carbocycles. The van der Waals surface area contributed by atoms with Crippen LogP contribution in [-0.4, -0.2) is 47.4 Å². The van der Waals surface area contributed by atoms with E-state index in [1.165, 1.54) is 360 Å². The van der Waals surface area contributed by atoms with Gasteiger partial charge in [0.2, 0.25) is 5.91 Å². The molecule has 0 fully saturated rings. The zero-order chi connectivity index (χ0) is 57.1. The second kappa shape index (κ2) is 69.4. The van der Waals surface area contributed by atoms with Crippen LogP contribution in [0.4, 0.5) is 0 Å². The van der Waals surface area contributed by atoms with Crippen LogP contribution in [0.25, 0.3) is 0 Å². The van der Waals surface area contributed by atoms with Gasteiger partial charge in [0.15, 0.2) is 0 Å². The van der Waals surface area contributed by atoms with E-state index < -0.39 is 12.1 Å². The third kappa shape index (κ3) is 65.9. The number of hydrogen-bond acceptors (Lipinski definition) is 5. The first kappa shape index (κ1) is 77.9. The Balaban J connectivity index is 3.34. The van der Waals surface area contributed by atoms with E-state index >= 15 is 0 Å². The largest absolute Gasteiger partial charge is 0.466 e. The normalized spacial score (nSPS) is 12.4. The molecule has 0 heterocycles. The first-order chi connectivity index (χ1) is 39.0. The summed E-state index contributed by atoms with van der Waals surface area (Å²) in [7, 11) is 0. The smallest absolute Gasteiger partial charge is 0.305 e. The lowest BCUT2D eigenvalue weighted by Crippen LogP contribution is -2.45. The maximum Gasteiger partial charge on any atom is 0.305 e. The number of hydrogen-bond donors (Lipinski definition) is 3. The maximum atomic E-state index is 12.5. The Hall–Kier alpha value is -1.14. The maximum absolute atomic E-state index is 12.5. The molecular formula is C73H145NO5. The standard InChI is InChI=1S/C73H145NO5/c1-3-5-7-9-11-13-15-17-19-21-23-30-33-37-41-45-49-53-57-61-65-71(76)70(69-75)74-72(77)66-62-58-54-50-46-42-38-34-31-27-25-24-26-28-32-36-40-44-48-52-56-60-64-68-79-73(78)67-63-59-55-51-47-43-39-35-29-22-20-18-16-14-12-10-8-6-4-2/h70-71,75-76H,3-69H2,1-2H3,(H,74,77). The number of rotatable bonds is 70. The van der Waals surface area contributed by atoms with E-state index in [-0.39, 0.29) is 18.5 Å². The van der Waals surface area contributed by atoms with Crippen LogP contribution >= 0.6 is 0 Å². The van der Waals surface area contributed by atoms with Crippen LogP contribution in [0.3, 0.4) is 0 Å². The van der Waals surface area contributed by atoms with Crippen molar-refractivity contribution in [3.8, 4) is 0 Å². The molecule has 0 aromatic rings. The van der Waals surface area contributed by atoms with Gasteiger partial charge < -0.3 is 20.3 Å². The highest BCUT2D eigenvalue weighted by atomic mass is 16.5. The molecule has 1 amide bonds. The number of nitrogens with one attached hydrogen (secondary N) is 1. The predicted molar refractivity (Wildman–Crippen MR) is 347 cm³/mol. The molecule has 0 aromatic carbocycles. The van der Waals surface area contributed by atoms with Crippen LogP contribution < -0.4 is 5.32 Å². The van der Waals surface area contributed by atoms with E-state index in [1.54, 1.807) is 0 Å². The van der Waals surface area contributed by atoms with Crippen molar-refractivity contribution in [2.45, 2.75) is 443 Å². The average Bonchev–Trinajstić information content (AvgIpc) is 3.45. The van der Waals surface area contributed by atoms with Gasteiger partial charge in [0, 0.05) is 12.8 Å². The van der Waals surface area contributed by atoms with Gasteiger partial charge in [0.25, 0.3) is 0 Å². The van der Waals surface area contributed by atoms with Gasteiger partial charge >= 0.3 is 5.97 Å². The summed E-state index contributed by atoms with van der Waals surface area (Å²) in [5, 5.41) is 23.4. The van der Waals surface area contributed by atoms with Gasteiger partial charge in [-0.2, -0.15) is 0 Å². The van der Waals surface area contributed by atoms with Crippen molar-refractivity contribution in [1.29, 1.82) is 0 Å². The minimum Gasteiger partial charge on any atom is -0.466 e. The second-order valence-corrected chi connectivity index (χ2v) is 25.6. The van der Waals surface area contributed by atoms with E-state index in [1.807, 2.05) is 0 Å². The van der Waals surface area contributed by atoms with E-state index in [0.717, 1.165) is 38.5 Å². The molecular weight excluding hydrogens is 971 g/mol. The van der Waals surface area contributed by atoms with Gasteiger partial charge in [0.05, 0.1) is 25.4 Å². The Bertz CT molecular complexity index is 1150. The fourth-order valence-electron chi connectivity index (χ4n) is 12.1. The monoisotopic (exact) mass is 1120 g/mol. The average molecular weight is 1120 g/mol. The van der Waals surface area contributed by atoms with Crippen LogP contribution in [-0.2, 0) is 14.3 Å². The lowest BCUT2D eigenvalue weighted by molar-refractivity contribution is -0.143. The van der Waals surface area contributed by atoms with Gasteiger partial charge in [0.1, 0.15) is 0 Å². The number of unbranched alkanes of at least 4 members (excludes halogenated alkanes) is 59. The van der Waals surface area contributed by atoms with Gasteiger partial charge in [-0.15, -0.1) is 0 Å². The fourth-order valence-corrected chi connectivity index (χ4v) is 12.1. The van der Waals surface area contributed by atoms with Gasteiger partial charge in [-0.3, -0.25) is 9.59 Å². The van der Waals surface area contributed by atoms with E-state index in [0.29, 0.717) is 25.9 Å². The molecule has 2 atom stereocenters. The molecule has 0 spiro atoms. The van der Waals surface area contributed by atoms with Crippen molar-refractivity contribution in [3.63, 3.8) is 0 Å². The quantitative estimate of drug-likeness (QED) is 0.0417. The van der Waals surface area contributed by atoms with Crippen LogP contribution in [0.1, 0.15) is 431 Å². The lowest BCUT2D eigenvalue weighted by Gasteiger charge is -2.22. The third-order valence-corrected chi connectivity index (χ3v) is 17.7. The topological polar surface area (TPSA) is 95.9 Å². The van der Waals surface area contributed by atoms with Crippen molar-refractivity contribution in [2.24, 2.45) is 0 Å². The molecule has 0 rings (SSSR count). The number of carbonyl (C=O) groups is 2. The number of aliphatic hydroxyl groups is 2. The zero-order valence-electron chi connectivity index (χ0n) is 54.2. The molecule has 6 nitrogen and oxygen atoms in total. The summed E-state index contributed by atoms with van der Waals surface area (Å²) in [4.78, 5) is 24.7. The van der Waals surface area contributed by atoms with Crippen molar-refractivity contribution in [2.75, 3.05) is 13.2 Å². The van der Waals surface area contributed by atoms with Crippen molar-refractivity contribution in [3.05, 3.63) is 0 Å². The molecule has 0 aliphatic rings. The first-order valence-corrected chi connectivity index (χ1v) is 36.8. The molecule has 3 N–H and O–H groups in total. The fraction of sp³-hybridized carbons (Fsp3) is 0.973. The minimum absolute atomic E-state index is 0.0209. The number of esters is 1. The van der Waals surface area contributed by atoms with Gasteiger partial charge in [-0.1, -0.05) is 393 Å². The van der Waals surface area contributed by atoms with Crippen molar-refractivity contribution < 1.29 is 24.5 Å². The highest BCUT2D eigenvalue weighted by Crippen LogP contribution is 2.20. The highest BCUT2D eigenvalue weighted by molar-refractivity contribution is 5.76. The second-order valence-electron chi connectivity index (χ2n) is 25.6. The third-order valence-electron chi connectivity index (χ3n) is 17.7. The minimum atomic E-state index is -0.664.